The molecule has 1 amide bonds. The van der Waals surface area contributed by atoms with Crippen molar-refractivity contribution in [3.8, 4) is 0 Å². The van der Waals surface area contributed by atoms with Gasteiger partial charge < -0.3 is 5.32 Å². The van der Waals surface area contributed by atoms with Gasteiger partial charge in [-0.3, -0.25) is 9.48 Å². The van der Waals surface area contributed by atoms with Gasteiger partial charge in [0, 0.05) is 6.54 Å². The molecule has 1 aromatic carbocycles. The van der Waals surface area contributed by atoms with E-state index in [1.807, 2.05) is 30.3 Å². The minimum Gasteiger partial charge on any atom is -0.344 e. The van der Waals surface area contributed by atoms with Crippen LogP contribution in [0.4, 0.5) is 0 Å². The molecular weight excluding hydrogens is 282 g/mol. The van der Waals surface area contributed by atoms with Gasteiger partial charge in [-0.15, -0.1) is 0 Å². The number of nitrogens with one attached hydrogen (secondary N) is 2. The normalized spacial score (nSPS) is 12.0. The first-order valence-electron chi connectivity index (χ1n) is 6.87. The van der Waals surface area contributed by atoms with E-state index in [0.29, 0.717) is 13.0 Å². The van der Waals surface area contributed by atoms with Crippen molar-refractivity contribution in [3.05, 3.63) is 60.4 Å². The molecule has 1 atom stereocenters. The summed E-state index contributed by atoms with van der Waals surface area (Å²) in [4.78, 5) is 16.1. The molecule has 0 unspecified atom stereocenters. The zero-order valence-corrected chi connectivity index (χ0v) is 11.8. The zero-order chi connectivity index (χ0) is 15.2. The molecule has 0 fully saturated rings. The second-order valence-corrected chi connectivity index (χ2v) is 4.74. The zero-order valence-electron chi connectivity index (χ0n) is 11.8. The van der Waals surface area contributed by atoms with Crippen molar-refractivity contribution in [1.29, 1.82) is 0 Å². The summed E-state index contributed by atoms with van der Waals surface area (Å²) in [6, 6.07) is 9.65. The molecule has 2 heterocycles. The monoisotopic (exact) mass is 297 g/mol. The van der Waals surface area contributed by atoms with Crippen LogP contribution in [0, 0.1) is 0 Å². The Morgan fingerprint density at radius 1 is 1.32 bits per heavy atom. The van der Waals surface area contributed by atoms with E-state index < -0.39 is 0 Å². The van der Waals surface area contributed by atoms with Crippen LogP contribution in [0.25, 0.3) is 0 Å². The van der Waals surface area contributed by atoms with Crippen LogP contribution >= 0.6 is 0 Å². The number of benzene rings is 1. The van der Waals surface area contributed by atoms with Crippen molar-refractivity contribution >= 4 is 5.91 Å². The summed E-state index contributed by atoms with van der Waals surface area (Å²) >= 11 is 0. The summed E-state index contributed by atoms with van der Waals surface area (Å²) < 4.78 is 1.73. The van der Waals surface area contributed by atoms with E-state index in [1.54, 1.807) is 11.0 Å². The number of H-pyrrole nitrogens is 1. The Morgan fingerprint density at radius 2 is 2.18 bits per heavy atom. The average Bonchev–Trinajstić information content (AvgIpc) is 3.25. The molecule has 22 heavy (non-hydrogen) atoms. The van der Waals surface area contributed by atoms with Crippen molar-refractivity contribution in [2.24, 2.45) is 0 Å². The molecule has 112 valence electrons. The molecule has 0 aliphatic heterocycles. The highest BCUT2D eigenvalue weighted by molar-refractivity contribution is 5.92. The van der Waals surface area contributed by atoms with E-state index in [-0.39, 0.29) is 17.6 Å². The van der Waals surface area contributed by atoms with Gasteiger partial charge in [-0.25, -0.2) is 4.98 Å². The first kappa shape index (κ1) is 13.9. The highest BCUT2D eigenvalue weighted by atomic mass is 16.2. The van der Waals surface area contributed by atoms with Gasteiger partial charge in [0.2, 0.25) is 0 Å². The van der Waals surface area contributed by atoms with Crippen molar-refractivity contribution in [2.45, 2.75) is 19.0 Å². The number of aryl methyl sites for hydroxylation is 1. The van der Waals surface area contributed by atoms with Gasteiger partial charge in [0.05, 0.1) is 12.2 Å². The number of nitrogens with zero attached hydrogens (tertiary/aromatic N) is 5. The Kier molecular flexibility index (Phi) is 4.19. The Bertz CT molecular complexity index is 694. The number of aromatic nitrogens is 6. The molecule has 0 spiro atoms. The molecule has 2 N–H and O–H groups in total. The smallest absolute Gasteiger partial charge is 0.273 e. The molecule has 8 nitrogen and oxygen atoms in total. The van der Waals surface area contributed by atoms with Gasteiger partial charge in [0.1, 0.15) is 12.7 Å². The number of carbonyl (C=O) groups is 1. The van der Waals surface area contributed by atoms with Crippen LogP contribution in [0.15, 0.2) is 49.2 Å². The summed E-state index contributed by atoms with van der Waals surface area (Å²) in [6.07, 6.45) is 5.23. The van der Waals surface area contributed by atoms with Gasteiger partial charge in [-0.1, -0.05) is 30.3 Å². The fourth-order valence-corrected chi connectivity index (χ4v) is 2.16. The molecule has 0 aliphatic carbocycles. The minimum absolute atomic E-state index is 0.144. The van der Waals surface area contributed by atoms with Crippen LogP contribution in [0.2, 0.25) is 0 Å². The minimum atomic E-state index is -0.263. The molecule has 3 rings (SSSR count). The van der Waals surface area contributed by atoms with Crippen molar-refractivity contribution in [3.63, 3.8) is 0 Å². The maximum absolute atomic E-state index is 12.2. The standard InChI is InChI=1S/C14H15N7O/c22-14(13-8-16-20-19-13)18-12(11-4-2-1-3-5-11)6-7-21-10-15-9-17-21/h1-5,8-10,12H,6-7H2,(H,18,22)(H,16,19,20)/t12-/m0/s1. The van der Waals surface area contributed by atoms with Crippen LogP contribution in [-0.4, -0.2) is 36.1 Å². The van der Waals surface area contributed by atoms with Gasteiger partial charge in [0.25, 0.3) is 5.91 Å². The fraction of sp³-hybridized carbons (Fsp3) is 0.214. The largest absolute Gasteiger partial charge is 0.344 e. The third-order valence-corrected chi connectivity index (χ3v) is 3.27. The summed E-state index contributed by atoms with van der Waals surface area (Å²) in [6.45, 7) is 0.651. The first-order valence-corrected chi connectivity index (χ1v) is 6.87. The van der Waals surface area contributed by atoms with Crippen molar-refractivity contribution < 1.29 is 4.79 Å². The molecule has 3 aromatic rings. The lowest BCUT2D eigenvalue weighted by atomic mass is 10.0. The molecule has 0 saturated carbocycles. The lowest BCUT2D eigenvalue weighted by Gasteiger charge is -2.18. The molecule has 2 aromatic heterocycles. The van der Waals surface area contributed by atoms with E-state index in [4.69, 9.17) is 0 Å². The summed E-state index contributed by atoms with van der Waals surface area (Å²) in [5, 5.41) is 16.9. The predicted octanol–water partition coefficient (Wildman–Crippen LogP) is 0.958. The fourth-order valence-electron chi connectivity index (χ4n) is 2.16. The van der Waals surface area contributed by atoms with Crippen LogP contribution in [-0.2, 0) is 6.54 Å². The SMILES string of the molecule is O=C(N[C@@H](CCn1cncn1)c1ccccc1)c1cn[nH]n1. The molecule has 0 aliphatic rings. The van der Waals surface area contributed by atoms with E-state index >= 15 is 0 Å². The first-order chi connectivity index (χ1) is 10.8. The van der Waals surface area contributed by atoms with Crippen molar-refractivity contribution in [1.82, 2.24) is 35.5 Å². The number of carbonyl (C=O) groups excluding carboxylic acids is 1. The van der Waals surface area contributed by atoms with E-state index in [1.165, 1.54) is 12.5 Å². The van der Waals surface area contributed by atoms with Crippen LogP contribution in [0.3, 0.4) is 0 Å². The quantitative estimate of drug-likeness (QED) is 0.705. The summed E-state index contributed by atoms with van der Waals surface area (Å²) in [5.74, 6) is -0.263. The summed E-state index contributed by atoms with van der Waals surface area (Å²) in [5.41, 5.74) is 1.29. The lowest BCUT2D eigenvalue weighted by Crippen LogP contribution is -2.29. The molecule has 0 bridgehead atoms. The maximum Gasteiger partial charge on any atom is 0.273 e. The van der Waals surface area contributed by atoms with E-state index in [2.05, 4.69) is 30.8 Å². The number of rotatable bonds is 6. The Hall–Kier alpha value is -3.03. The highest BCUT2D eigenvalue weighted by Gasteiger charge is 2.17. The van der Waals surface area contributed by atoms with E-state index in [0.717, 1.165) is 5.56 Å². The van der Waals surface area contributed by atoms with E-state index in [9.17, 15) is 4.79 Å². The topological polar surface area (TPSA) is 101 Å². The van der Waals surface area contributed by atoms with Crippen LogP contribution in [0.5, 0.6) is 0 Å². The average molecular weight is 297 g/mol. The third kappa shape index (κ3) is 3.35. The van der Waals surface area contributed by atoms with Gasteiger partial charge in [-0.2, -0.15) is 20.5 Å². The van der Waals surface area contributed by atoms with Gasteiger partial charge in [0.15, 0.2) is 5.69 Å². The molecular formula is C14H15N7O. The number of hydrogen-bond acceptors (Lipinski definition) is 5. The highest BCUT2D eigenvalue weighted by Crippen LogP contribution is 2.17. The number of amides is 1. The second-order valence-electron chi connectivity index (χ2n) is 4.74. The third-order valence-electron chi connectivity index (χ3n) is 3.27. The Balaban J connectivity index is 1.72. The molecule has 0 radical (unpaired) electrons. The van der Waals surface area contributed by atoms with Gasteiger partial charge in [-0.05, 0) is 12.0 Å². The number of hydrogen-bond donors (Lipinski definition) is 2. The van der Waals surface area contributed by atoms with Crippen LogP contribution < -0.4 is 5.32 Å². The maximum atomic E-state index is 12.2. The molecule has 0 saturated heterocycles. The summed E-state index contributed by atoms with van der Waals surface area (Å²) in [7, 11) is 0. The van der Waals surface area contributed by atoms with Crippen molar-refractivity contribution in [2.75, 3.05) is 0 Å². The predicted molar refractivity (Wildman–Crippen MR) is 77.7 cm³/mol. The number of aromatic amines is 1. The van der Waals surface area contributed by atoms with Gasteiger partial charge >= 0.3 is 0 Å². The lowest BCUT2D eigenvalue weighted by molar-refractivity contribution is 0.0928. The van der Waals surface area contributed by atoms with Crippen LogP contribution in [0.1, 0.15) is 28.5 Å². The molecule has 8 heteroatoms. The Labute approximate surface area is 126 Å². The second kappa shape index (κ2) is 6.61. The Morgan fingerprint density at radius 3 is 2.86 bits per heavy atom.